The molecule has 2 atom stereocenters. The van der Waals surface area contributed by atoms with E-state index in [-0.39, 0.29) is 5.78 Å². The van der Waals surface area contributed by atoms with Gasteiger partial charge in [0.25, 0.3) is 0 Å². The summed E-state index contributed by atoms with van der Waals surface area (Å²) in [4.78, 5) is 11.4. The van der Waals surface area contributed by atoms with Crippen LogP contribution in [0.2, 0.25) is 0 Å². The number of hydrogen-bond donors (Lipinski definition) is 2. The van der Waals surface area contributed by atoms with E-state index in [2.05, 4.69) is 0 Å². The molecule has 2 unspecified atom stereocenters. The number of aliphatic hydroxyl groups excluding tert-OH is 2. The fourth-order valence-corrected chi connectivity index (χ4v) is 1.60. The van der Waals surface area contributed by atoms with Crippen molar-refractivity contribution in [3.8, 4) is 0 Å². The highest BCUT2D eigenvalue weighted by atomic mass is 16.3. The zero-order valence-corrected chi connectivity index (χ0v) is 7.96. The number of hydrogen-bond acceptors (Lipinski definition) is 3. The Hall–Kier alpha value is -0.410. The lowest BCUT2D eigenvalue weighted by molar-refractivity contribution is -0.133. The molecule has 2 N–H and O–H groups in total. The fraction of sp³-hybridized carbons (Fsp3) is 0.889. The Morgan fingerprint density at radius 2 is 1.58 bits per heavy atom. The smallest absolute Gasteiger partial charge is 0.170 e. The second-order valence-electron chi connectivity index (χ2n) is 4.60. The standard InChI is InChI=1S/C9H16O3/c1-8(2)6(11)5(10)7(12)9(8,3)4/h5-6,10-11H,1-4H3. The van der Waals surface area contributed by atoms with E-state index in [1.54, 1.807) is 27.7 Å². The Morgan fingerprint density at radius 1 is 1.17 bits per heavy atom. The highest BCUT2D eigenvalue weighted by Gasteiger charge is 2.59. The molecule has 0 aromatic carbocycles. The summed E-state index contributed by atoms with van der Waals surface area (Å²) in [5.41, 5.74) is -1.20. The molecule has 1 aliphatic rings. The third-order valence-electron chi connectivity index (χ3n) is 3.53. The first-order chi connectivity index (χ1) is 5.23. The van der Waals surface area contributed by atoms with E-state index in [0.717, 1.165) is 0 Å². The summed E-state index contributed by atoms with van der Waals surface area (Å²) in [7, 11) is 0. The van der Waals surface area contributed by atoms with Gasteiger partial charge in [-0.05, 0) is 0 Å². The van der Waals surface area contributed by atoms with Crippen LogP contribution in [0.15, 0.2) is 0 Å². The summed E-state index contributed by atoms with van der Waals surface area (Å²) >= 11 is 0. The largest absolute Gasteiger partial charge is 0.389 e. The zero-order chi connectivity index (χ0) is 9.73. The summed E-state index contributed by atoms with van der Waals surface area (Å²) < 4.78 is 0. The second-order valence-corrected chi connectivity index (χ2v) is 4.60. The number of aliphatic hydroxyl groups is 2. The van der Waals surface area contributed by atoms with Crippen LogP contribution in [-0.2, 0) is 4.79 Å². The van der Waals surface area contributed by atoms with Gasteiger partial charge < -0.3 is 10.2 Å². The lowest BCUT2D eigenvalue weighted by Gasteiger charge is -2.34. The SMILES string of the molecule is CC1(C)C(=O)C(O)C(O)C1(C)C. The van der Waals surface area contributed by atoms with E-state index < -0.39 is 23.0 Å². The molecule has 3 nitrogen and oxygen atoms in total. The minimum absolute atomic E-state index is 0.264. The van der Waals surface area contributed by atoms with E-state index in [9.17, 15) is 15.0 Å². The zero-order valence-electron chi connectivity index (χ0n) is 7.96. The van der Waals surface area contributed by atoms with Crippen molar-refractivity contribution in [1.82, 2.24) is 0 Å². The van der Waals surface area contributed by atoms with Gasteiger partial charge >= 0.3 is 0 Å². The van der Waals surface area contributed by atoms with E-state index >= 15 is 0 Å². The molecular weight excluding hydrogens is 156 g/mol. The number of Topliss-reactive ketones (excluding diaryl/α,β-unsaturated/α-hetero) is 1. The molecule has 1 rings (SSSR count). The van der Waals surface area contributed by atoms with Gasteiger partial charge in [-0.3, -0.25) is 4.79 Å². The second kappa shape index (κ2) is 2.30. The van der Waals surface area contributed by atoms with Crippen molar-refractivity contribution in [2.45, 2.75) is 39.9 Å². The van der Waals surface area contributed by atoms with Crippen LogP contribution in [0.3, 0.4) is 0 Å². The predicted octanol–water partition coefficient (Wildman–Crippen LogP) is 0.343. The predicted molar refractivity (Wildman–Crippen MR) is 44.6 cm³/mol. The Labute approximate surface area is 72.4 Å². The van der Waals surface area contributed by atoms with Crippen LogP contribution < -0.4 is 0 Å². The molecule has 70 valence electrons. The van der Waals surface area contributed by atoms with Crippen molar-refractivity contribution in [2.75, 3.05) is 0 Å². The van der Waals surface area contributed by atoms with Crippen LogP contribution in [0, 0.1) is 10.8 Å². The molecule has 0 aromatic heterocycles. The minimum Gasteiger partial charge on any atom is -0.389 e. The highest BCUT2D eigenvalue weighted by molar-refractivity contribution is 5.92. The summed E-state index contributed by atoms with van der Waals surface area (Å²) in [6, 6.07) is 0. The molecule has 0 aromatic rings. The molecule has 12 heavy (non-hydrogen) atoms. The summed E-state index contributed by atoms with van der Waals surface area (Å²) in [6.45, 7) is 7.11. The van der Waals surface area contributed by atoms with Gasteiger partial charge in [-0.2, -0.15) is 0 Å². The van der Waals surface area contributed by atoms with Gasteiger partial charge in [0.05, 0.1) is 6.10 Å². The number of rotatable bonds is 0. The quantitative estimate of drug-likeness (QED) is 0.554. The maximum atomic E-state index is 11.4. The minimum atomic E-state index is -1.21. The topological polar surface area (TPSA) is 57.5 Å². The summed E-state index contributed by atoms with van der Waals surface area (Å²) in [5, 5.41) is 18.9. The van der Waals surface area contributed by atoms with Crippen LogP contribution in [0.1, 0.15) is 27.7 Å². The number of carbonyl (C=O) groups excluding carboxylic acids is 1. The monoisotopic (exact) mass is 172 g/mol. The van der Waals surface area contributed by atoms with Crippen LogP contribution in [0.25, 0.3) is 0 Å². The van der Waals surface area contributed by atoms with Crippen LogP contribution in [0.5, 0.6) is 0 Å². The first kappa shape index (κ1) is 9.68. The third-order valence-corrected chi connectivity index (χ3v) is 3.53. The molecule has 0 heterocycles. The lowest BCUT2D eigenvalue weighted by Crippen LogP contribution is -2.37. The summed E-state index contributed by atoms with van der Waals surface area (Å²) in [5.74, 6) is -0.264. The number of ketones is 1. The van der Waals surface area contributed by atoms with E-state index in [4.69, 9.17) is 0 Å². The van der Waals surface area contributed by atoms with Gasteiger partial charge in [0.2, 0.25) is 0 Å². The van der Waals surface area contributed by atoms with Crippen molar-refractivity contribution >= 4 is 5.78 Å². The van der Waals surface area contributed by atoms with Crippen molar-refractivity contribution in [3.63, 3.8) is 0 Å². The molecule has 0 aliphatic heterocycles. The van der Waals surface area contributed by atoms with Gasteiger partial charge in [-0.25, -0.2) is 0 Å². The first-order valence-electron chi connectivity index (χ1n) is 4.13. The van der Waals surface area contributed by atoms with Gasteiger partial charge in [0, 0.05) is 10.8 Å². The molecule has 1 aliphatic carbocycles. The van der Waals surface area contributed by atoms with Crippen molar-refractivity contribution < 1.29 is 15.0 Å². The maximum absolute atomic E-state index is 11.4. The van der Waals surface area contributed by atoms with Crippen molar-refractivity contribution in [3.05, 3.63) is 0 Å². The molecule has 0 spiro atoms. The maximum Gasteiger partial charge on any atom is 0.170 e. The average Bonchev–Trinajstić information content (AvgIpc) is 2.05. The molecule has 1 saturated carbocycles. The molecule has 0 amide bonds. The van der Waals surface area contributed by atoms with Crippen molar-refractivity contribution in [1.29, 1.82) is 0 Å². The Balaban J connectivity index is 3.14. The number of carbonyl (C=O) groups is 1. The lowest BCUT2D eigenvalue weighted by atomic mass is 9.69. The average molecular weight is 172 g/mol. The molecule has 0 saturated heterocycles. The van der Waals surface area contributed by atoms with Crippen LogP contribution in [0.4, 0.5) is 0 Å². The van der Waals surface area contributed by atoms with E-state index in [1.165, 1.54) is 0 Å². The van der Waals surface area contributed by atoms with Crippen LogP contribution >= 0.6 is 0 Å². The van der Waals surface area contributed by atoms with E-state index in [1.807, 2.05) is 0 Å². The van der Waals surface area contributed by atoms with Gasteiger partial charge in [0.15, 0.2) is 5.78 Å². The highest BCUT2D eigenvalue weighted by Crippen LogP contribution is 2.49. The fourth-order valence-electron chi connectivity index (χ4n) is 1.60. The molecule has 3 heteroatoms. The third kappa shape index (κ3) is 0.866. The molecule has 0 radical (unpaired) electrons. The Bertz CT molecular complexity index is 218. The van der Waals surface area contributed by atoms with Gasteiger partial charge in [-0.1, -0.05) is 27.7 Å². The van der Waals surface area contributed by atoms with Crippen LogP contribution in [-0.4, -0.2) is 28.2 Å². The normalized spacial score (nSPS) is 38.7. The molecule has 0 bridgehead atoms. The van der Waals surface area contributed by atoms with Crippen molar-refractivity contribution in [2.24, 2.45) is 10.8 Å². The van der Waals surface area contributed by atoms with Gasteiger partial charge in [0.1, 0.15) is 6.10 Å². The van der Waals surface area contributed by atoms with E-state index in [0.29, 0.717) is 0 Å². The first-order valence-corrected chi connectivity index (χ1v) is 4.13. The Kier molecular flexibility index (Phi) is 1.85. The molecule has 1 fully saturated rings. The Morgan fingerprint density at radius 3 is 1.67 bits per heavy atom. The summed E-state index contributed by atoms with van der Waals surface area (Å²) in [6.07, 6.45) is -2.16. The van der Waals surface area contributed by atoms with Gasteiger partial charge in [-0.15, -0.1) is 0 Å². The molecular formula is C9H16O3.